The molecule has 5 heteroatoms. The standard InChI is InChI=1S/C22H25N3O2/c1-20(2)15-11-10-14-16(13-8-6-5-7-9-13)25(4)24-17(14)21(15,3)19-22(12-23,27-19)18(20)26/h5-9,15,18-19,26H,10-11H2,1-4H3/t15-,18?,19+,21-,22-/m0/s1. The topological polar surface area (TPSA) is 74.4 Å². The number of hydrogen-bond donors (Lipinski definition) is 1. The zero-order chi connectivity index (χ0) is 19.2. The Morgan fingerprint density at radius 3 is 2.63 bits per heavy atom. The van der Waals surface area contributed by atoms with E-state index in [9.17, 15) is 10.4 Å². The van der Waals surface area contributed by atoms with Gasteiger partial charge in [0.1, 0.15) is 18.3 Å². The van der Waals surface area contributed by atoms with Gasteiger partial charge in [-0.3, -0.25) is 4.68 Å². The Balaban J connectivity index is 1.72. The molecule has 0 amide bonds. The molecule has 3 aliphatic rings. The maximum atomic E-state index is 11.0. The van der Waals surface area contributed by atoms with Gasteiger partial charge in [-0.25, -0.2) is 0 Å². The molecule has 5 atom stereocenters. The maximum Gasteiger partial charge on any atom is 0.207 e. The number of ether oxygens (including phenoxy) is 1. The van der Waals surface area contributed by atoms with Crippen molar-refractivity contribution in [1.29, 1.82) is 5.26 Å². The highest BCUT2D eigenvalue weighted by molar-refractivity contribution is 5.66. The Labute approximate surface area is 159 Å². The van der Waals surface area contributed by atoms with Gasteiger partial charge >= 0.3 is 0 Å². The van der Waals surface area contributed by atoms with Gasteiger partial charge in [0.2, 0.25) is 5.60 Å². The molecule has 0 spiro atoms. The van der Waals surface area contributed by atoms with Crippen LogP contribution in [0.2, 0.25) is 0 Å². The fourth-order valence-electron chi connectivity index (χ4n) is 6.23. The third kappa shape index (κ3) is 1.83. The summed E-state index contributed by atoms with van der Waals surface area (Å²) in [5.41, 5.74) is 2.72. The van der Waals surface area contributed by atoms with Gasteiger partial charge in [-0.05, 0) is 24.2 Å². The van der Waals surface area contributed by atoms with Crippen LogP contribution >= 0.6 is 0 Å². The van der Waals surface area contributed by atoms with Crippen LogP contribution in [0, 0.1) is 22.7 Å². The second-order valence-corrected chi connectivity index (χ2v) is 9.17. The van der Waals surface area contributed by atoms with Crippen LogP contribution in [0.25, 0.3) is 11.3 Å². The number of nitriles is 1. The molecule has 1 aromatic heterocycles. The molecule has 2 aromatic rings. The smallest absolute Gasteiger partial charge is 0.207 e. The highest BCUT2D eigenvalue weighted by atomic mass is 16.6. The van der Waals surface area contributed by atoms with Gasteiger partial charge in [0.25, 0.3) is 0 Å². The van der Waals surface area contributed by atoms with Crippen LogP contribution in [0.1, 0.15) is 38.4 Å². The zero-order valence-electron chi connectivity index (χ0n) is 16.2. The Kier molecular flexibility index (Phi) is 3.15. The Bertz CT molecular complexity index is 973. The van der Waals surface area contributed by atoms with E-state index in [4.69, 9.17) is 9.84 Å². The first-order valence-electron chi connectivity index (χ1n) is 9.67. The van der Waals surface area contributed by atoms with Crippen LogP contribution in [0.4, 0.5) is 0 Å². The lowest BCUT2D eigenvalue weighted by Crippen LogP contribution is -2.62. The predicted octanol–water partition coefficient (Wildman–Crippen LogP) is 2.97. The van der Waals surface area contributed by atoms with Crippen molar-refractivity contribution in [2.45, 2.75) is 56.8 Å². The Hall–Kier alpha value is -2.16. The van der Waals surface area contributed by atoms with E-state index in [0.29, 0.717) is 0 Å². The van der Waals surface area contributed by atoms with Gasteiger partial charge in [-0.15, -0.1) is 0 Å². The third-order valence-electron chi connectivity index (χ3n) is 7.48. The first-order valence-corrected chi connectivity index (χ1v) is 9.67. The van der Waals surface area contributed by atoms with Crippen molar-refractivity contribution in [2.75, 3.05) is 0 Å². The molecule has 0 bridgehead atoms. The van der Waals surface area contributed by atoms with Crippen molar-refractivity contribution in [3.8, 4) is 17.3 Å². The normalized spacial score (nSPS) is 38.3. The number of aryl methyl sites for hydroxylation is 1. The van der Waals surface area contributed by atoms with E-state index in [1.165, 1.54) is 5.56 Å². The van der Waals surface area contributed by atoms with Crippen LogP contribution in [0.5, 0.6) is 0 Å². The Morgan fingerprint density at radius 2 is 1.96 bits per heavy atom. The molecular weight excluding hydrogens is 338 g/mol. The number of aliphatic hydroxyl groups excluding tert-OH is 1. The molecule has 2 heterocycles. The summed E-state index contributed by atoms with van der Waals surface area (Å²) < 4.78 is 7.96. The van der Waals surface area contributed by atoms with Gasteiger partial charge in [-0.1, -0.05) is 51.1 Å². The summed E-state index contributed by atoms with van der Waals surface area (Å²) in [6.07, 6.45) is 0.800. The molecule has 1 unspecified atom stereocenters. The van der Waals surface area contributed by atoms with Crippen molar-refractivity contribution < 1.29 is 9.84 Å². The molecule has 1 N–H and O–H groups in total. The van der Waals surface area contributed by atoms with E-state index in [0.717, 1.165) is 29.8 Å². The summed E-state index contributed by atoms with van der Waals surface area (Å²) in [5, 5.41) is 25.8. The second-order valence-electron chi connectivity index (χ2n) is 9.17. The van der Waals surface area contributed by atoms with Crippen LogP contribution in [0.15, 0.2) is 30.3 Å². The minimum absolute atomic E-state index is 0.208. The lowest BCUT2D eigenvalue weighted by molar-refractivity contribution is -0.0717. The molecular formula is C22H25N3O2. The minimum Gasteiger partial charge on any atom is -0.388 e. The summed E-state index contributed by atoms with van der Waals surface area (Å²) in [4.78, 5) is 0. The van der Waals surface area contributed by atoms with E-state index >= 15 is 0 Å². The predicted molar refractivity (Wildman–Crippen MR) is 101 cm³/mol. The van der Waals surface area contributed by atoms with E-state index in [1.54, 1.807) is 0 Å². The molecule has 1 saturated carbocycles. The number of epoxide rings is 1. The molecule has 2 aliphatic carbocycles. The van der Waals surface area contributed by atoms with E-state index < -0.39 is 17.1 Å². The van der Waals surface area contributed by atoms with E-state index in [2.05, 4.69) is 39.0 Å². The molecule has 1 saturated heterocycles. The molecule has 27 heavy (non-hydrogen) atoms. The van der Waals surface area contributed by atoms with Crippen molar-refractivity contribution in [1.82, 2.24) is 9.78 Å². The molecule has 5 rings (SSSR count). The number of aromatic nitrogens is 2. The van der Waals surface area contributed by atoms with Crippen molar-refractivity contribution >= 4 is 0 Å². The molecule has 1 aromatic carbocycles. The quantitative estimate of drug-likeness (QED) is 0.791. The highest BCUT2D eigenvalue weighted by Crippen LogP contribution is 2.67. The number of aliphatic hydroxyl groups is 1. The molecule has 0 radical (unpaired) electrons. The maximum absolute atomic E-state index is 11.0. The number of benzene rings is 1. The first kappa shape index (κ1) is 17.0. The minimum atomic E-state index is -1.10. The van der Waals surface area contributed by atoms with Crippen molar-refractivity contribution in [2.24, 2.45) is 18.4 Å². The molecule has 1 aliphatic heterocycles. The lowest BCUT2D eigenvalue weighted by atomic mass is 9.48. The van der Waals surface area contributed by atoms with Crippen LogP contribution in [-0.4, -0.2) is 32.7 Å². The zero-order valence-corrected chi connectivity index (χ0v) is 16.2. The van der Waals surface area contributed by atoms with Gasteiger partial charge < -0.3 is 9.84 Å². The molecule has 140 valence electrons. The average Bonchev–Trinajstić information content (AvgIpc) is 3.32. The van der Waals surface area contributed by atoms with Crippen LogP contribution in [0.3, 0.4) is 0 Å². The number of nitrogens with zero attached hydrogens (tertiary/aromatic N) is 3. The summed E-state index contributed by atoms with van der Waals surface area (Å²) in [6, 6.07) is 12.7. The Morgan fingerprint density at radius 1 is 1.26 bits per heavy atom. The SMILES string of the molecule is Cn1nc2c(c1-c1ccccc1)CC[C@H]1C(C)(C)C(O)[C@]3(C#N)O[C@@H]3[C@]21C. The van der Waals surface area contributed by atoms with E-state index in [-0.39, 0.29) is 17.4 Å². The largest absolute Gasteiger partial charge is 0.388 e. The number of rotatable bonds is 1. The van der Waals surface area contributed by atoms with Crippen LogP contribution in [-0.2, 0) is 23.6 Å². The summed E-state index contributed by atoms with van der Waals surface area (Å²) in [7, 11) is 1.99. The summed E-state index contributed by atoms with van der Waals surface area (Å²) in [6.45, 7) is 6.34. The van der Waals surface area contributed by atoms with Gasteiger partial charge in [-0.2, -0.15) is 10.4 Å². The van der Waals surface area contributed by atoms with E-state index in [1.807, 2.05) is 29.9 Å². The highest BCUT2D eigenvalue weighted by Gasteiger charge is 2.79. The lowest BCUT2D eigenvalue weighted by Gasteiger charge is -2.53. The first-order chi connectivity index (χ1) is 12.8. The van der Waals surface area contributed by atoms with Gasteiger partial charge in [0, 0.05) is 23.6 Å². The second kappa shape index (κ2) is 5.01. The fourth-order valence-corrected chi connectivity index (χ4v) is 6.23. The molecule has 5 nitrogen and oxygen atoms in total. The third-order valence-corrected chi connectivity index (χ3v) is 7.48. The van der Waals surface area contributed by atoms with Gasteiger partial charge in [0.15, 0.2) is 0 Å². The average molecular weight is 363 g/mol. The van der Waals surface area contributed by atoms with Crippen molar-refractivity contribution in [3.05, 3.63) is 41.6 Å². The van der Waals surface area contributed by atoms with Crippen LogP contribution < -0.4 is 0 Å². The summed E-state index contributed by atoms with van der Waals surface area (Å²) >= 11 is 0. The number of hydrogen-bond acceptors (Lipinski definition) is 4. The van der Waals surface area contributed by atoms with Crippen molar-refractivity contribution in [3.63, 3.8) is 0 Å². The number of fused-ring (bicyclic) bond motifs is 5. The summed E-state index contributed by atoms with van der Waals surface area (Å²) in [5.74, 6) is 0.208. The monoisotopic (exact) mass is 363 g/mol. The van der Waals surface area contributed by atoms with Gasteiger partial charge in [0.05, 0.1) is 11.4 Å². The fraction of sp³-hybridized carbons (Fsp3) is 0.545. The molecule has 2 fully saturated rings.